The van der Waals surface area contributed by atoms with Crippen molar-refractivity contribution >= 4 is 0 Å². The van der Waals surface area contributed by atoms with Crippen LogP contribution in [0.5, 0.6) is 5.75 Å². The predicted molar refractivity (Wildman–Crippen MR) is 73.0 cm³/mol. The molecule has 0 aliphatic rings. The fourth-order valence-electron chi connectivity index (χ4n) is 1.82. The van der Waals surface area contributed by atoms with E-state index in [-0.39, 0.29) is 5.92 Å². The summed E-state index contributed by atoms with van der Waals surface area (Å²) in [5.41, 5.74) is 6.42. The maximum absolute atomic E-state index is 5.53. The van der Waals surface area contributed by atoms with E-state index in [1.165, 1.54) is 0 Å². The number of hydrogen-bond acceptors (Lipinski definition) is 5. The van der Waals surface area contributed by atoms with Gasteiger partial charge in [-0.3, -0.25) is 0 Å². The number of hydrogen-bond donors (Lipinski definition) is 1. The standard InChI is InChI=1S/C14H19N3O2/c1-3-18-12-6-4-5-11(9-12)13-16-14(19-17-13)10(2)7-8-15/h4-6,9-10H,3,7-8,15H2,1-2H3. The van der Waals surface area contributed by atoms with E-state index in [0.29, 0.717) is 24.9 Å². The summed E-state index contributed by atoms with van der Waals surface area (Å²) in [6, 6.07) is 7.67. The quantitative estimate of drug-likeness (QED) is 0.865. The minimum atomic E-state index is 0.182. The summed E-state index contributed by atoms with van der Waals surface area (Å²) in [5.74, 6) is 2.20. The first-order valence-corrected chi connectivity index (χ1v) is 6.51. The van der Waals surface area contributed by atoms with Crippen molar-refractivity contribution in [2.45, 2.75) is 26.2 Å². The maximum atomic E-state index is 5.53. The van der Waals surface area contributed by atoms with Crippen LogP contribution in [0.1, 0.15) is 32.1 Å². The van der Waals surface area contributed by atoms with Crippen molar-refractivity contribution in [1.82, 2.24) is 10.1 Å². The zero-order valence-electron chi connectivity index (χ0n) is 11.3. The lowest BCUT2D eigenvalue weighted by Crippen LogP contribution is -2.04. The van der Waals surface area contributed by atoms with Gasteiger partial charge in [-0.15, -0.1) is 0 Å². The number of benzene rings is 1. The molecule has 0 saturated heterocycles. The van der Waals surface area contributed by atoms with Crippen LogP contribution in [0.4, 0.5) is 0 Å². The number of aromatic nitrogens is 2. The van der Waals surface area contributed by atoms with Gasteiger partial charge in [0.05, 0.1) is 6.61 Å². The van der Waals surface area contributed by atoms with E-state index in [0.717, 1.165) is 17.7 Å². The monoisotopic (exact) mass is 261 g/mol. The molecule has 0 saturated carbocycles. The Hall–Kier alpha value is -1.88. The van der Waals surface area contributed by atoms with E-state index in [1.54, 1.807) is 0 Å². The molecule has 2 rings (SSSR count). The Morgan fingerprint density at radius 1 is 1.42 bits per heavy atom. The largest absolute Gasteiger partial charge is 0.494 e. The summed E-state index contributed by atoms with van der Waals surface area (Å²) in [7, 11) is 0. The molecule has 5 heteroatoms. The molecule has 19 heavy (non-hydrogen) atoms. The van der Waals surface area contributed by atoms with Crippen LogP contribution in [0.3, 0.4) is 0 Å². The van der Waals surface area contributed by atoms with E-state index >= 15 is 0 Å². The summed E-state index contributed by atoms with van der Waals surface area (Å²) in [6.45, 7) is 5.22. The third kappa shape index (κ3) is 3.32. The molecule has 0 spiro atoms. The molecule has 2 aromatic rings. The molecular formula is C14H19N3O2. The Morgan fingerprint density at radius 2 is 2.26 bits per heavy atom. The molecule has 0 fully saturated rings. The first kappa shape index (κ1) is 13.5. The fraction of sp³-hybridized carbons (Fsp3) is 0.429. The highest BCUT2D eigenvalue weighted by Crippen LogP contribution is 2.24. The Balaban J connectivity index is 2.20. The van der Waals surface area contributed by atoms with Crippen LogP contribution < -0.4 is 10.5 Å². The highest BCUT2D eigenvalue weighted by molar-refractivity contribution is 5.56. The van der Waals surface area contributed by atoms with Crippen LogP contribution in [0.2, 0.25) is 0 Å². The second kappa shape index (κ2) is 6.33. The third-order valence-electron chi connectivity index (χ3n) is 2.87. The lowest BCUT2D eigenvalue weighted by Gasteiger charge is -2.03. The minimum Gasteiger partial charge on any atom is -0.494 e. The SMILES string of the molecule is CCOc1cccc(-c2noc(C(C)CCN)n2)c1. The van der Waals surface area contributed by atoms with Crippen molar-refractivity contribution in [2.24, 2.45) is 5.73 Å². The van der Waals surface area contributed by atoms with Crippen molar-refractivity contribution in [3.63, 3.8) is 0 Å². The van der Waals surface area contributed by atoms with Crippen molar-refractivity contribution in [3.05, 3.63) is 30.2 Å². The van der Waals surface area contributed by atoms with Crippen molar-refractivity contribution < 1.29 is 9.26 Å². The van der Waals surface area contributed by atoms with Crippen LogP contribution in [0.25, 0.3) is 11.4 Å². The molecule has 5 nitrogen and oxygen atoms in total. The van der Waals surface area contributed by atoms with Crippen LogP contribution >= 0.6 is 0 Å². The van der Waals surface area contributed by atoms with Crippen molar-refractivity contribution in [1.29, 1.82) is 0 Å². The Morgan fingerprint density at radius 3 is 3.00 bits per heavy atom. The summed E-state index contributed by atoms with van der Waals surface area (Å²) in [4.78, 5) is 4.41. The van der Waals surface area contributed by atoms with E-state index in [9.17, 15) is 0 Å². The normalized spacial score (nSPS) is 12.4. The average molecular weight is 261 g/mol. The number of nitrogens with two attached hydrogens (primary N) is 1. The van der Waals surface area contributed by atoms with E-state index in [2.05, 4.69) is 10.1 Å². The van der Waals surface area contributed by atoms with Gasteiger partial charge in [0.15, 0.2) is 0 Å². The van der Waals surface area contributed by atoms with Gasteiger partial charge in [0.1, 0.15) is 5.75 Å². The summed E-state index contributed by atoms with van der Waals surface area (Å²) < 4.78 is 10.7. The molecule has 0 aliphatic carbocycles. The minimum absolute atomic E-state index is 0.182. The Bertz CT molecular complexity index is 525. The number of ether oxygens (including phenoxy) is 1. The first-order valence-electron chi connectivity index (χ1n) is 6.51. The predicted octanol–water partition coefficient (Wildman–Crippen LogP) is 2.59. The molecule has 1 aromatic carbocycles. The summed E-state index contributed by atoms with van der Waals surface area (Å²) in [6.07, 6.45) is 0.834. The molecule has 0 radical (unpaired) electrons. The van der Waals surface area contributed by atoms with Gasteiger partial charge in [-0.2, -0.15) is 4.98 Å². The zero-order valence-corrected chi connectivity index (χ0v) is 11.3. The van der Waals surface area contributed by atoms with Gasteiger partial charge in [0.2, 0.25) is 11.7 Å². The molecule has 0 amide bonds. The topological polar surface area (TPSA) is 74.2 Å². The van der Waals surface area contributed by atoms with Gasteiger partial charge in [-0.25, -0.2) is 0 Å². The lowest BCUT2D eigenvalue weighted by molar-refractivity contribution is 0.340. The molecule has 1 unspecified atom stereocenters. The number of rotatable bonds is 6. The Kier molecular flexibility index (Phi) is 4.52. The van der Waals surface area contributed by atoms with E-state index in [1.807, 2.05) is 38.1 Å². The lowest BCUT2D eigenvalue weighted by atomic mass is 10.1. The summed E-state index contributed by atoms with van der Waals surface area (Å²) in [5, 5.41) is 4.01. The van der Waals surface area contributed by atoms with Crippen molar-refractivity contribution in [3.8, 4) is 17.1 Å². The second-order valence-corrected chi connectivity index (χ2v) is 4.40. The smallest absolute Gasteiger partial charge is 0.229 e. The molecule has 0 aliphatic heterocycles. The fourth-order valence-corrected chi connectivity index (χ4v) is 1.82. The van der Waals surface area contributed by atoms with Gasteiger partial charge >= 0.3 is 0 Å². The highest BCUT2D eigenvalue weighted by Gasteiger charge is 2.14. The highest BCUT2D eigenvalue weighted by atomic mass is 16.5. The first-order chi connectivity index (χ1) is 9.24. The van der Waals surface area contributed by atoms with Gasteiger partial charge in [-0.05, 0) is 32.0 Å². The van der Waals surface area contributed by atoms with Crippen LogP contribution in [-0.2, 0) is 0 Å². The molecule has 0 bridgehead atoms. The third-order valence-corrected chi connectivity index (χ3v) is 2.87. The molecule has 1 heterocycles. The molecule has 102 valence electrons. The maximum Gasteiger partial charge on any atom is 0.229 e. The van der Waals surface area contributed by atoms with Crippen LogP contribution in [0, 0.1) is 0 Å². The average Bonchev–Trinajstić information content (AvgIpc) is 2.89. The van der Waals surface area contributed by atoms with E-state index in [4.69, 9.17) is 15.0 Å². The van der Waals surface area contributed by atoms with Crippen molar-refractivity contribution in [2.75, 3.05) is 13.2 Å². The molecule has 1 aromatic heterocycles. The Labute approximate surface area is 112 Å². The molecule has 1 atom stereocenters. The van der Waals surface area contributed by atoms with Crippen LogP contribution in [-0.4, -0.2) is 23.3 Å². The molecular weight excluding hydrogens is 242 g/mol. The summed E-state index contributed by atoms with van der Waals surface area (Å²) >= 11 is 0. The van der Waals surface area contributed by atoms with Gasteiger partial charge < -0.3 is 15.0 Å². The zero-order chi connectivity index (χ0) is 13.7. The van der Waals surface area contributed by atoms with E-state index < -0.39 is 0 Å². The van der Waals surface area contributed by atoms with Gasteiger partial charge in [0, 0.05) is 11.5 Å². The second-order valence-electron chi connectivity index (χ2n) is 4.40. The number of nitrogens with zero attached hydrogens (tertiary/aromatic N) is 2. The van der Waals surface area contributed by atoms with Gasteiger partial charge in [-0.1, -0.05) is 24.2 Å². The van der Waals surface area contributed by atoms with Gasteiger partial charge in [0.25, 0.3) is 0 Å². The molecule has 2 N–H and O–H groups in total. The van der Waals surface area contributed by atoms with Crippen LogP contribution in [0.15, 0.2) is 28.8 Å².